The number of aromatic nitrogens is 1. The van der Waals surface area contributed by atoms with E-state index in [0.29, 0.717) is 0 Å². The topological polar surface area (TPSA) is 22.1 Å². The van der Waals surface area contributed by atoms with Crippen molar-refractivity contribution in [2.75, 3.05) is 0 Å². The zero-order valence-electron chi connectivity index (χ0n) is 10.2. The van der Waals surface area contributed by atoms with E-state index in [4.69, 9.17) is 0 Å². The third kappa shape index (κ3) is 9.30. The van der Waals surface area contributed by atoms with Crippen molar-refractivity contribution in [3.8, 4) is 5.88 Å². The lowest BCUT2D eigenvalue weighted by molar-refractivity contribution is -0.276. The van der Waals surface area contributed by atoms with Gasteiger partial charge in [-0.15, -0.1) is 13.2 Å². The molecule has 0 aliphatic carbocycles. The lowest BCUT2D eigenvalue weighted by Crippen LogP contribution is -2.17. The summed E-state index contributed by atoms with van der Waals surface area (Å²) < 4.78 is 38.3. The third-order valence-electron chi connectivity index (χ3n) is 1.10. The number of hydrogen-bond acceptors (Lipinski definition) is 2. The van der Waals surface area contributed by atoms with Crippen LogP contribution in [0.1, 0.15) is 33.3 Å². The predicted molar refractivity (Wildman–Crippen MR) is 58.4 cm³/mol. The Kier molecular flexibility index (Phi) is 9.65. The summed E-state index contributed by atoms with van der Waals surface area (Å²) >= 11 is 0. The first-order valence-electron chi connectivity index (χ1n) is 5.16. The van der Waals surface area contributed by atoms with Gasteiger partial charge in [0.1, 0.15) is 0 Å². The number of aryl methyl sites for hydroxylation is 1. The highest BCUT2D eigenvalue weighted by atomic mass is 19.4. The SMILES string of the molecule is CC.CC.Cc1ccc(OC(F)(F)F)nc1. The molecule has 0 N–H and O–H groups in total. The molecule has 16 heavy (non-hydrogen) atoms. The second-order valence-corrected chi connectivity index (χ2v) is 2.22. The van der Waals surface area contributed by atoms with E-state index in [1.54, 1.807) is 6.92 Å². The quantitative estimate of drug-likeness (QED) is 0.724. The summed E-state index contributed by atoms with van der Waals surface area (Å²) in [6.07, 6.45) is -3.36. The van der Waals surface area contributed by atoms with E-state index in [9.17, 15) is 13.2 Å². The van der Waals surface area contributed by atoms with Crippen molar-refractivity contribution < 1.29 is 17.9 Å². The average Bonchev–Trinajstić information content (AvgIpc) is 2.25. The van der Waals surface area contributed by atoms with Gasteiger partial charge >= 0.3 is 6.36 Å². The molecule has 1 heterocycles. The van der Waals surface area contributed by atoms with Crippen LogP contribution in [0.15, 0.2) is 18.3 Å². The highest BCUT2D eigenvalue weighted by Crippen LogP contribution is 2.20. The smallest absolute Gasteiger partial charge is 0.388 e. The second-order valence-electron chi connectivity index (χ2n) is 2.22. The van der Waals surface area contributed by atoms with Crippen LogP contribution in [0.5, 0.6) is 5.88 Å². The van der Waals surface area contributed by atoms with Gasteiger partial charge in [-0.2, -0.15) is 0 Å². The highest BCUT2D eigenvalue weighted by Gasteiger charge is 2.31. The van der Waals surface area contributed by atoms with Crippen molar-refractivity contribution in [1.82, 2.24) is 4.98 Å². The zero-order chi connectivity index (χ0) is 13.2. The number of rotatable bonds is 1. The van der Waals surface area contributed by atoms with Gasteiger partial charge in [0.2, 0.25) is 5.88 Å². The molecule has 94 valence electrons. The molecule has 0 saturated heterocycles. The lowest BCUT2D eigenvalue weighted by atomic mass is 10.3. The van der Waals surface area contributed by atoms with E-state index in [2.05, 4.69) is 9.72 Å². The molecule has 0 unspecified atom stereocenters. The van der Waals surface area contributed by atoms with Gasteiger partial charge in [-0.05, 0) is 12.5 Å². The molecule has 2 nitrogen and oxygen atoms in total. The minimum Gasteiger partial charge on any atom is -0.388 e. The van der Waals surface area contributed by atoms with Crippen molar-refractivity contribution in [2.45, 2.75) is 41.0 Å². The summed E-state index contributed by atoms with van der Waals surface area (Å²) in [5.74, 6) is -0.437. The van der Waals surface area contributed by atoms with E-state index < -0.39 is 12.2 Å². The number of alkyl halides is 3. The minimum atomic E-state index is -4.66. The molecule has 1 aromatic heterocycles. The van der Waals surface area contributed by atoms with Crippen LogP contribution in [0, 0.1) is 6.92 Å². The summed E-state index contributed by atoms with van der Waals surface area (Å²) in [4.78, 5) is 3.42. The van der Waals surface area contributed by atoms with E-state index in [1.807, 2.05) is 27.7 Å². The van der Waals surface area contributed by atoms with Gasteiger partial charge in [0.25, 0.3) is 0 Å². The molecular weight excluding hydrogens is 219 g/mol. The first-order chi connectivity index (χ1) is 7.47. The number of hydrogen-bond donors (Lipinski definition) is 0. The van der Waals surface area contributed by atoms with E-state index in [-0.39, 0.29) is 0 Å². The summed E-state index contributed by atoms with van der Waals surface area (Å²) in [7, 11) is 0. The fraction of sp³-hybridized carbons (Fsp3) is 0.545. The molecule has 0 aromatic carbocycles. The number of pyridine rings is 1. The molecular formula is C11H18F3NO. The molecule has 0 amide bonds. The highest BCUT2D eigenvalue weighted by molar-refractivity contribution is 5.16. The normalized spacial score (nSPS) is 9.25. The van der Waals surface area contributed by atoms with Crippen LogP contribution < -0.4 is 4.74 Å². The molecule has 0 aliphatic rings. The van der Waals surface area contributed by atoms with Gasteiger partial charge in [0.15, 0.2) is 0 Å². The molecule has 0 saturated carbocycles. The van der Waals surface area contributed by atoms with Crippen LogP contribution in [0.3, 0.4) is 0 Å². The first-order valence-corrected chi connectivity index (χ1v) is 5.16. The second kappa shape index (κ2) is 9.00. The standard InChI is InChI=1S/C7H6F3NO.2C2H6/c1-5-2-3-6(11-4-5)12-7(8,9)10;2*1-2/h2-4H,1H3;2*1-2H3. The minimum absolute atomic E-state index is 0.437. The van der Waals surface area contributed by atoms with Crippen LogP contribution in [-0.4, -0.2) is 11.3 Å². The third-order valence-corrected chi connectivity index (χ3v) is 1.10. The van der Waals surface area contributed by atoms with Crippen LogP contribution >= 0.6 is 0 Å². The van der Waals surface area contributed by atoms with Crippen LogP contribution in [0.25, 0.3) is 0 Å². The number of ether oxygens (including phenoxy) is 1. The largest absolute Gasteiger partial charge is 0.574 e. The van der Waals surface area contributed by atoms with Crippen molar-refractivity contribution in [3.05, 3.63) is 23.9 Å². The summed E-state index contributed by atoms with van der Waals surface area (Å²) in [6.45, 7) is 9.73. The van der Waals surface area contributed by atoms with Crippen molar-refractivity contribution >= 4 is 0 Å². The maximum absolute atomic E-state index is 11.6. The van der Waals surface area contributed by atoms with Crippen LogP contribution in [0.4, 0.5) is 13.2 Å². The van der Waals surface area contributed by atoms with Gasteiger partial charge in [0.05, 0.1) is 0 Å². The zero-order valence-corrected chi connectivity index (χ0v) is 10.2. The molecule has 1 aromatic rings. The Hall–Kier alpha value is -1.26. The predicted octanol–water partition coefficient (Wildman–Crippen LogP) is 4.34. The maximum atomic E-state index is 11.6. The van der Waals surface area contributed by atoms with Gasteiger partial charge in [-0.25, -0.2) is 4.98 Å². The molecule has 1 rings (SSSR count). The Morgan fingerprint density at radius 1 is 1.06 bits per heavy atom. The van der Waals surface area contributed by atoms with E-state index >= 15 is 0 Å². The summed E-state index contributed by atoms with van der Waals surface area (Å²) in [5.41, 5.74) is 0.782. The average molecular weight is 237 g/mol. The molecule has 5 heteroatoms. The Labute approximate surface area is 94.5 Å². The Bertz CT molecular complexity index is 257. The molecule has 0 atom stereocenters. The molecule has 0 bridgehead atoms. The van der Waals surface area contributed by atoms with Crippen molar-refractivity contribution in [2.24, 2.45) is 0 Å². The summed E-state index contributed by atoms with van der Waals surface area (Å²) in [5, 5.41) is 0. The fourth-order valence-electron chi connectivity index (χ4n) is 0.633. The molecule has 0 radical (unpaired) electrons. The fourth-order valence-corrected chi connectivity index (χ4v) is 0.633. The van der Waals surface area contributed by atoms with E-state index in [0.717, 1.165) is 5.56 Å². The van der Waals surface area contributed by atoms with Crippen molar-refractivity contribution in [1.29, 1.82) is 0 Å². The molecule has 0 fully saturated rings. The lowest BCUT2D eigenvalue weighted by Gasteiger charge is -2.06. The molecule has 0 aliphatic heterocycles. The van der Waals surface area contributed by atoms with Gasteiger partial charge in [-0.3, -0.25) is 0 Å². The Morgan fingerprint density at radius 3 is 1.88 bits per heavy atom. The van der Waals surface area contributed by atoms with E-state index in [1.165, 1.54) is 18.3 Å². The number of nitrogens with zero attached hydrogens (tertiary/aromatic N) is 1. The Balaban J connectivity index is 0. The monoisotopic (exact) mass is 237 g/mol. The summed E-state index contributed by atoms with van der Waals surface area (Å²) in [6, 6.07) is 2.66. The van der Waals surface area contributed by atoms with Crippen LogP contribution in [-0.2, 0) is 0 Å². The maximum Gasteiger partial charge on any atom is 0.574 e. The van der Waals surface area contributed by atoms with Gasteiger partial charge < -0.3 is 4.74 Å². The first kappa shape index (κ1) is 17.1. The van der Waals surface area contributed by atoms with Crippen LogP contribution in [0.2, 0.25) is 0 Å². The van der Waals surface area contributed by atoms with Crippen molar-refractivity contribution in [3.63, 3.8) is 0 Å². The van der Waals surface area contributed by atoms with Gasteiger partial charge in [0, 0.05) is 12.3 Å². The van der Waals surface area contributed by atoms with Gasteiger partial charge in [-0.1, -0.05) is 33.8 Å². The number of halogens is 3. The molecule has 0 spiro atoms. The Morgan fingerprint density at radius 2 is 1.56 bits per heavy atom.